The van der Waals surface area contributed by atoms with E-state index < -0.39 is 0 Å². The predicted octanol–water partition coefficient (Wildman–Crippen LogP) is 2.56. The molecule has 0 radical (unpaired) electrons. The van der Waals surface area contributed by atoms with Gasteiger partial charge in [-0.3, -0.25) is 10.1 Å². The quantitative estimate of drug-likeness (QED) is 0.458. The minimum Gasteiger partial charge on any atom is -0.368 e. The highest BCUT2D eigenvalue weighted by atomic mass is 35.5. The minimum atomic E-state index is -0.196. The molecule has 1 aromatic carbocycles. The van der Waals surface area contributed by atoms with Crippen molar-refractivity contribution < 1.29 is 4.79 Å². The van der Waals surface area contributed by atoms with Crippen molar-refractivity contribution in [2.45, 2.75) is 17.7 Å². The number of nitrogens with one attached hydrogen (secondary N) is 1. The van der Waals surface area contributed by atoms with Crippen LogP contribution in [0.25, 0.3) is 0 Å². The molecule has 3 N–H and O–H groups in total. The topological polar surface area (TPSA) is 118 Å². The van der Waals surface area contributed by atoms with E-state index in [1.165, 1.54) is 23.1 Å². The highest BCUT2D eigenvalue weighted by Crippen LogP contribution is 2.22. The molecule has 2 heterocycles. The lowest BCUT2D eigenvalue weighted by Crippen LogP contribution is -2.37. The summed E-state index contributed by atoms with van der Waals surface area (Å²) in [5, 5.41) is 12.0. The number of carbonyl (C=O) groups excluding carboxylic acids is 1. The van der Waals surface area contributed by atoms with Gasteiger partial charge in [-0.1, -0.05) is 40.8 Å². The molecule has 0 saturated heterocycles. The van der Waals surface area contributed by atoms with Crippen molar-refractivity contribution in [3.8, 4) is 0 Å². The lowest BCUT2D eigenvalue weighted by Gasteiger charge is -2.13. The van der Waals surface area contributed by atoms with Crippen molar-refractivity contribution in [1.29, 1.82) is 0 Å². The fourth-order valence-corrected chi connectivity index (χ4v) is 3.93. The average Bonchev–Trinajstić information content (AvgIpc) is 2.98. The maximum atomic E-state index is 11.9. The standard InChI is InChI=1S/C15H14ClN7OS2/c1-8-22-23-15(26-8)25-7-11-6-12(24)20-14(19-11)21-13(17)18-10-4-2-3-9(16)5-10/h2-5H,6-7H2,1H3,(H3,17,18,20,21,24). The smallest absolute Gasteiger partial charge is 0.232 e. The van der Waals surface area contributed by atoms with Gasteiger partial charge < -0.3 is 5.73 Å². The second kappa shape index (κ2) is 8.39. The summed E-state index contributed by atoms with van der Waals surface area (Å²) < 4.78 is 0.830. The summed E-state index contributed by atoms with van der Waals surface area (Å²) in [6.07, 6.45) is 0.204. The SMILES string of the molecule is Cc1nnc(SCC2=NC(=NC(N)=Nc3cccc(Cl)c3)NC(=O)C2)s1. The van der Waals surface area contributed by atoms with Gasteiger partial charge in [0, 0.05) is 16.5 Å². The Morgan fingerprint density at radius 3 is 3.04 bits per heavy atom. The number of hydrogen-bond acceptors (Lipinski definition) is 6. The Balaban J connectivity index is 1.72. The zero-order chi connectivity index (χ0) is 18.5. The van der Waals surface area contributed by atoms with E-state index in [1.807, 2.05) is 6.92 Å². The molecule has 0 bridgehead atoms. The van der Waals surface area contributed by atoms with Crippen LogP contribution in [0.5, 0.6) is 0 Å². The molecule has 1 amide bonds. The third-order valence-corrected chi connectivity index (χ3v) is 5.30. The number of nitrogens with zero attached hydrogens (tertiary/aromatic N) is 5. The number of carbonyl (C=O) groups is 1. The first-order valence-electron chi connectivity index (χ1n) is 7.45. The summed E-state index contributed by atoms with van der Waals surface area (Å²) in [5.74, 6) is 0.416. The molecule has 11 heteroatoms. The number of nitrogens with two attached hydrogens (primary N) is 1. The fraction of sp³-hybridized carbons (Fsp3) is 0.200. The van der Waals surface area contributed by atoms with Crippen molar-refractivity contribution >= 4 is 63.9 Å². The molecular formula is C15H14ClN7OS2. The minimum absolute atomic E-state index is 0.0278. The van der Waals surface area contributed by atoms with Gasteiger partial charge in [-0.2, -0.15) is 4.99 Å². The maximum absolute atomic E-state index is 11.9. The van der Waals surface area contributed by atoms with Crippen LogP contribution in [0, 0.1) is 6.92 Å². The number of aryl methyl sites for hydroxylation is 1. The van der Waals surface area contributed by atoms with Crippen LogP contribution in [0.3, 0.4) is 0 Å². The molecule has 3 rings (SSSR count). The Hall–Kier alpha value is -2.30. The Bertz CT molecular complexity index is 922. The third-order valence-electron chi connectivity index (χ3n) is 3.02. The number of hydrogen-bond donors (Lipinski definition) is 2. The van der Waals surface area contributed by atoms with Gasteiger partial charge in [-0.25, -0.2) is 9.98 Å². The van der Waals surface area contributed by atoms with Crippen LogP contribution in [0.2, 0.25) is 5.02 Å². The van der Waals surface area contributed by atoms with E-state index in [1.54, 1.807) is 24.3 Å². The van der Waals surface area contributed by atoms with E-state index in [0.717, 1.165) is 9.35 Å². The van der Waals surface area contributed by atoms with Crippen molar-refractivity contribution in [1.82, 2.24) is 15.5 Å². The number of aromatic nitrogens is 2. The highest BCUT2D eigenvalue weighted by Gasteiger charge is 2.18. The summed E-state index contributed by atoms with van der Waals surface area (Å²) >= 11 is 8.88. The Morgan fingerprint density at radius 1 is 1.46 bits per heavy atom. The van der Waals surface area contributed by atoms with Gasteiger partial charge in [0.05, 0.1) is 12.1 Å². The first-order chi connectivity index (χ1) is 12.5. The molecule has 1 aliphatic rings. The number of halogens is 1. The molecular weight excluding hydrogens is 394 g/mol. The monoisotopic (exact) mass is 407 g/mol. The maximum Gasteiger partial charge on any atom is 0.232 e. The second-order valence-electron chi connectivity index (χ2n) is 5.16. The van der Waals surface area contributed by atoms with Crippen LogP contribution in [-0.2, 0) is 4.79 Å². The lowest BCUT2D eigenvalue weighted by molar-refractivity contribution is -0.118. The van der Waals surface area contributed by atoms with Crippen molar-refractivity contribution in [3.63, 3.8) is 0 Å². The molecule has 2 aromatic rings. The average molecular weight is 408 g/mol. The Kier molecular flexibility index (Phi) is 5.96. The van der Waals surface area contributed by atoms with Gasteiger partial charge >= 0.3 is 0 Å². The Morgan fingerprint density at radius 2 is 2.31 bits per heavy atom. The van der Waals surface area contributed by atoms with E-state index in [9.17, 15) is 4.79 Å². The molecule has 0 fully saturated rings. The summed E-state index contributed by atoms with van der Waals surface area (Å²) in [7, 11) is 0. The first-order valence-corrected chi connectivity index (χ1v) is 9.63. The third kappa shape index (κ3) is 5.35. The summed E-state index contributed by atoms with van der Waals surface area (Å²) in [6.45, 7) is 1.89. The summed E-state index contributed by atoms with van der Waals surface area (Å²) in [4.78, 5) is 24.4. The number of benzene rings is 1. The number of aliphatic imine (C=N–C) groups is 3. The molecule has 8 nitrogen and oxygen atoms in total. The zero-order valence-electron chi connectivity index (χ0n) is 13.6. The predicted molar refractivity (Wildman–Crippen MR) is 106 cm³/mol. The van der Waals surface area contributed by atoms with Gasteiger partial charge in [0.25, 0.3) is 0 Å². The normalized spacial score (nSPS) is 16.5. The van der Waals surface area contributed by atoms with Crippen LogP contribution >= 0.6 is 34.7 Å². The molecule has 0 spiro atoms. The first kappa shape index (κ1) is 18.5. The van der Waals surface area contributed by atoms with Gasteiger partial charge in [-0.15, -0.1) is 10.2 Å². The van der Waals surface area contributed by atoms with Crippen LogP contribution < -0.4 is 11.1 Å². The van der Waals surface area contributed by atoms with Gasteiger partial charge in [0.1, 0.15) is 5.01 Å². The largest absolute Gasteiger partial charge is 0.368 e. The zero-order valence-corrected chi connectivity index (χ0v) is 16.0. The molecule has 0 unspecified atom stereocenters. The van der Waals surface area contributed by atoms with E-state index in [2.05, 4.69) is 30.5 Å². The van der Waals surface area contributed by atoms with Crippen molar-refractivity contribution in [3.05, 3.63) is 34.3 Å². The number of rotatable bonds is 4. The van der Waals surface area contributed by atoms with E-state index >= 15 is 0 Å². The number of thioether (sulfide) groups is 1. The molecule has 1 aromatic heterocycles. The van der Waals surface area contributed by atoms with E-state index in [0.29, 0.717) is 22.2 Å². The molecule has 0 atom stereocenters. The number of amides is 1. The summed E-state index contributed by atoms with van der Waals surface area (Å²) in [6, 6.07) is 6.89. The fourth-order valence-electron chi connectivity index (χ4n) is 2.00. The molecule has 134 valence electrons. The van der Waals surface area contributed by atoms with Crippen LogP contribution in [-0.4, -0.2) is 39.5 Å². The van der Waals surface area contributed by atoms with Crippen LogP contribution in [0.1, 0.15) is 11.4 Å². The number of guanidine groups is 2. The Labute approximate surface area is 162 Å². The van der Waals surface area contributed by atoms with Crippen molar-refractivity contribution in [2.24, 2.45) is 20.7 Å². The molecule has 1 aliphatic heterocycles. The lowest BCUT2D eigenvalue weighted by atomic mass is 10.2. The molecule has 0 aliphatic carbocycles. The van der Waals surface area contributed by atoms with Gasteiger partial charge in [0.2, 0.25) is 17.8 Å². The van der Waals surface area contributed by atoms with E-state index in [-0.39, 0.29) is 24.2 Å². The molecule has 0 saturated carbocycles. The summed E-state index contributed by atoms with van der Waals surface area (Å²) in [5.41, 5.74) is 7.07. The van der Waals surface area contributed by atoms with Crippen LogP contribution in [0.4, 0.5) is 5.69 Å². The van der Waals surface area contributed by atoms with Crippen molar-refractivity contribution in [2.75, 3.05) is 5.75 Å². The van der Waals surface area contributed by atoms with Crippen LogP contribution in [0.15, 0.2) is 43.6 Å². The van der Waals surface area contributed by atoms with Gasteiger partial charge in [0.15, 0.2) is 4.34 Å². The molecule has 26 heavy (non-hydrogen) atoms. The highest BCUT2D eigenvalue weighted by molar-refractivity contribution is 8.01. The van der Waals surface area contributed by atoms with Gasteiger partial charge in [-0.05, 0) is 25.1 Å². The second-order valence-corrected chi connectivity index (χ2v) is 8.00. The van der Waals surface area contributed by atoms with E-state index in [4.69, 9.17) is 17.3 Å².